The van der Waals surface area contributed by atoms with Crippen LogP contribution in [0.4, 0.5) is 5.69 Å². The minimum absolute atomic E-state index is 0.853. The van der Waals surface area contributed by atoms with Crippen LogP contribution in [-0.2, 0) is 0 Å². The summed E-state index contributed by atoms with van der Waals surface area (Å²) in [7, 11) is 1.78. The van der Waals surface area contributed by atoms with Crippen LogP contribution >= 0.6 is 22.6 Å². The Morgan fingerprint density at radius 1 is 1.35 bits per heavy atom. The van der Waals surface area contributed by atoms with E-state index in [0.717, 1.165) is 28.6 Å². The molecule has 0 spiro atoms. The van der Waals surface area contributed by atoms with Crippen LogP contribution in [0.5, 0.6) is 5.75 Å². The molecule has 1 aliphatic heterocycles. The molecular formula is C16H17IN2O. The van der Waals surface area contributed by atoms with Gasteiger partial charge < -0.3 is 9.64 Å². The van der Waals surface area contributed by atoms with Gasteiger partial charge in [-0.05, 0) is 32.1 Å². The van der Waals surface area contributed by atoms with E-state index in [9.17, 15) is 0 Å². The van der Waals surface area contributed by atoms with E-state index in [2.05, 4.69) is 45.5 Å². The molecule has 1 aliphatic rings. The van der Waals surface area contributed by atoms with E-state index >= 15 is 0 Å². The van der Waals surface area contributed by atoms with Gasteiger partial charge in [0.25, 0.3) is 0 Å². The number of benzene rings is 1. The number of ether oxygens (including phenoxy) is 1. The lowest BCUT2D eigenvalue weighted by Gasteiger charge is -2.33. The smallest absolute Gasteiger partial charge is 0.151 e. The zero-order valence-corrected chi connectivity index (χ0v) is 14.0. The van der Waals surface area contributed by atoms with Crippen molar-refractivity contribution in [2.45, 2.75) is 13.8 Å². The Morgan fingerprint density at radius 2 is 2.10 bits per heavy atom. The SMILES string of the molecule is C/C=C\C1=C(C)N(/C(C=NC)=C/I)c2ccccc2O1. The number of nitrogens with zero attached hydrogens (tertiary/aromatic N) is 2. The first kappa shape index (κ1) is 14.8. The van der Waals surface area contributed by atoms with Gasteiger partial charge in [0.1, 0.15) is 5.76 Å². The van der Waals surface area contributed by atoms with Gasteiger partial charge in [-0.25, -0.2) is 0 Å². The summed E-state index contributed by atoms with van der Waals surface area (Å²) in [5.74, 6) is 1.71. The molecule has 2 rings (SSSR count). The third-order valence-electron chi connectivity index (χ3n) is 2.97. The average Bonchev–Trinajstić information content (AvgIpc) is 2.47. The van der Waals surface area contributed by atoms with Gasteiger partial charge in [-0.15, -0.1) is 0 Å². The molecule has 0 amide bonds. The second-order valence-corrected chi connectivity index (χ2v) is 4.90. The maximum Gasteiger partial charge on any atom is 0.151 e. The Morgan fingerprint density at radius 3 is 2.75 bits per heavy atom. The van der Waals surface area contributed by atoms with Crippen LogP contribution in [0.1, 0.15) is 13.8 Å². The second-order valence-electron chi connectivity index (χ2n) is 4.28. The Kier molecular flexibility index (Phi) is 5.00. The number of allylic oxidation sites excluding steroid dienone is 4. The molecule has 0 unspecified atom stereocenters. The normalized spacial score (nSPS) is 16.0. The first-order valence-corrected chi connectivity index (χ1v) is 7.60. The van der Waals surface area contributed by atoms with Crippen molar-refractivity contribution >= 4 is 34.5 Å². The van der Waals surface area contributed by atoms with Crippen molar-refractivity contribution < 1.29 is 4.74 Å². The van der Waals surface area contributed by atoms with Crippen LogP contribution in [0.25, 0.3) is 0 Å². The molecule has 20 heavy (non-hydrogen) atoms. The second kappa shape index (κ2) is 6.74. The number of rotatable bonds is 3. The van der Waals surface area contributed by atoms with E-state index in [1.54, 1.807) is 7.05 Å². The first-order chi connectivity index (χ1) is 9.72. The highest BCUT2D eigenvalue weighted by atomic mass is 127. The molecule has 0 saturated carbocycles. The van der Waals surface area contributed by atoms with Crippen molar-refractivity contribution in [3.63, 3.8) is 0 Å². The maximum absolute atomic E-state index is 5.96. The van der Waals surface area contributed by atoms with Crippen molar-refractivity contribution in [3.05, 3.63) is 57.7 Å². The molecule has 0 saturated heterocycles. The van der Waals surface area contributed by atoms with Gasteiger partial charge in [-0.2, -0.15) is 0 Å². The number of hydrogen-bond acceptors (Lipinski definition) is 3. The fourth-order valence-corrected chi connectivity index (χ4v) is 2.56. The highest BCUT2D eigenvalue weighted by Crippen LogP contribution is 2.39. The zero-order chi connectivity index (χ0) is 14.5. The molecular weight excluding hydrogens is 363 g/mol. The number of aliphatic imine (C=N–C) groups is 1. The highest BCUT2D eigenvalue weighted by Gasteiger charge is 2.24. The number of halogens is 1. The molecule has 1 heterocycles. The molecule has 0 atom stereocenters. The molecule has 0 N–H and O–H groups in total. The minimum atomic E-state index is 0.853. The van der Waals surface area contributed by atoms with Gasteiger partial charge in [0.05, 0.1) is 17.1 Å². The third kappa shape index (κ3) is 2.80. The molecule has 0 aliphatic carbocycles. The van der Waals surface area contributed by atoms with E-state index < -0.39 is 0 Å². The predicted molar refractivity (Wildman–Crippen MR) is 93.6 cm³/mol. The van der Waals surface area contributed by atoms with E-state index in [-0.39, 0.29) is 0 Å². The highest BCUT2D eigenvalue weighted by molar-refractivity contribution is 14.1. The lowest BCUT2D eigenvalue weighted by atomic mass is 10.1. The van der Waals surface area contributed by atoms with Crippen molar-refractivity contribution in [1.82, 2.24) is 0 Å². The fourth-order valence-electron chi connectivity index (χ4n) is 2.12. The largest absolute Gasteiger partial charge is 0.453 e. The van der Waals surface area contributed by atoms with Crippen LogP contribution in [-0.4, -0.2) is 13.3 Å². The summed E-state index contributed by atoms with van der Waals surface area (Å²) in [6, 6.07) is 8.02. The topological polar surface area (TPSA) is 24.8 Å². The van der Waals surface area contributed by atoms with Gasteiger partial charge in [0.2, 0.25) is 0 Å². The van der Waals surface area contributed by atoms with E-state index in [1.165, 1.54) is 0 Å². The average molecular weight is 380 g/mol. The summed E-state index contributed by atoms with van der Waals surface area (Å²) in [5, 5.41) is 0. The lowest BCUT2D eigenvalue weighted by Crippen LogP contribution is -2.27. The third-order valence-corrected chi connectivity index (χ3v) is 3.61. The number of fused-ring (bicyclic) bond motifs is 1. The molecule has 0 radical (unpaired) electrons. The summed E-state index contributed by atoms with van der Waals surface area (Å²) in [6.45, 7) is 4.03. The molecule has 0 aromatic heterocycles. The number of anilines is 1. The fraction of sp³-hybridized carbons (Fsp3) is 0.188. The van der Waals surface area contributed by atoms with Crippen molar-refractivity contribution in [1.29, 1.82) is 0 Å². The Bertz CT molecular complexity index is 615. The Labute approximate surface area is 133 Å². The predicted octanol–water partition coefficient (Wildman–Crippen LogP) is 4.67. The summed E-state index contributed by atoms with van der Waals surface area (Å²) in [5.41, 5.74) is 3.09. The van der Waals surface area contributed by atoms with Crippen LogP contribution in [0.15, 0.2) is 62.6 Å². The van der Waals surface area contributed by atoms with Gasteiger partial charge >= 0.3 is 0 Å². The molecule has 3 nitrogen and oxygen atoms in total. The molecule has 4 heteroatoms. The standard InChI is InChI=1S/C16H17IN2O/c1-4-7-15-12(2)19(13(10-17)11-18-3)14-8-5-6-9-16(14)20-15/h4-11H,1-3H3/b7-4-,13-10+,18-11?. The summed E-state index contributed by atoms with van der Waals surface area (Å²) in [6.07, 6.45) is 5.81. The van der Waals surface area contributed by atoms with Crippen LogP contribution in [0.3, 0.4) is 0 Å². The summed E-state index contributed by atoms with van der Waals surface area (Å²) >= 11 is 2.24. The van der Waals surface area contributed by atoms with Crippen LogP contribution < -0.4 is 9.64 Å². The van der Waals surface area contributed by atoms with E-state index in [1.807, 2.05) is 47.6 Å². The van der Waals surface area contributed by atoms with Gasteiger partial charge in [0.15, 0.2) is 5.75 Å². The van der Waals surface area contributed by atoms with Gasteiger partial charge in [-0.3, -0.25) is 4.99 Å². The first-order valence-electron chi connectivity index (χ1n) is 6.36. The molecule has 104 valence electrons. The van der Waals surface area contributed by atoms with Crippen LogP contribution in [0, 0.1) is 0 Å². The number of para-hydroxylation sites is 2. The Hall–Kier alpha value is -1.56. The van der Waals surface area contributed by atoms with Crippen molar-refractivity contribution in [2.24, 2.45) is 4.99 Å². The molecule has 1 aromatic carbocycles. The van der Waals surface area contributed by atoms with Gasteiger partial charge in [0, 0.05) is 17.3 Å². The van der Waals surface area contributed by atoms with Crippen LogP contribution in [0.2, 0.25) is 0 Å². The summed E-state index contributed by atoms with van der Waals surface area (Å²) < 4.78 is 7.98. The van der Waals surface area contributed by atoms with Crippen molar-refractivity contribution in [2.75, 3.05) is 11.9 Å². The quantitative estimate of drug-likeness (QED) is 0.563. The molecule has 0 fully saturated rings. The van der Waals surface area contributed by atoms with Gasteiger partial charge in [-0.1, -0.05) is 40.8 Å². The maximum atomic E-state index is 5.96. The molecule has 0 bridgehead atoms. The van der Waals surface area contributed by atoms with Crippen molar-refractivity contribution in [3.8, 4) is 5.75 Å². The molecule has 1 aromatic rings. The van der Waals surface area contributed by atoms with E-state index in [4.69, 9.17) is 4.74 Å². The minimum Gasteiger partial charge on any atom is -0.453 e. The number of hydrogen-bond donors (Lipinski definition) is 0. The summed E-state index contributed by atoms with van der Waals surface area (Å²) in [4.78, 5) is 6.30. The van der Waals surface area contributed by atoms with E-state index in [0.29, 0.717) is 0 Å². The Balaban J connectivity index is 2.61. The monoisotopic (exact) mass is 380 g/mol. The zero-order valence-electron chi connectivity index (χ0n) is 11.8. The lowest BCUT2D eigenvalue weighted by molar-refractivity contribution is 0.427.